The number of nitrogens with zero attached hydrogens (tertiary/aromatic N) is 4. The quantitative estimate of drug-likeness (QED) is 0.0221. The van der Waals surface area contributed by atoms with Gasteiger partial charge in [-0.2, -0.15) is 0 Å². The van der Waals surface area contributed by atoms with Gasteiger partial charge >= 0.3 is 17.9 Å². The third kappa shape index (κ3) is 25.6. The Labute approximate surface area is 597 Å². The zero-order valence-corrected chi connectivity index (χ0v) is 58.6. The first-order valence-corrected chi connectivity index (χ1v) is 36.3. The lowest BCUT2D eigenvalue weighted by Crippen LogP contribution is -2.62. The summed E-state index contributed by atoms with van der Waals surface area (Å²) in [5, 5.41) is 85.1. The molecule has 4 aromatic carbocycles. The number of aromatic nitrogens is 1. The molecule has 2 saturated heterocycles. The van der Waals surface area contributed by atoms with E-state index >= 15 is 14.4 Å². The van der Waals surface area contributed by atoms with Gasteiger partial charge in [-0.3, -0.25) is 72.3 Å². The fraction of sp³-hybridized carbons (Fsp3) is 0.493. The van der Waals surface area contributed by atoms with Crippen LogP contribution in [0, 0.1) is 0 Å². The molecular formula is C69H94N14O17S2. The van der Waals surface area contributed by atoms with E-state index in [1.54, 1.807) is 74.3 Å². The number of carbonyl (C=O) groups excluding carboxylic acids is 8. The summed E-state index contributed by atoms with van der Waals surface area (Å²) < 4.78 is 0. The summed E-state index contributed by atoms with van der Waals surface area (Å²) in [5.41, 5.74) is 8.24. The summed E-state index contributed by atoms with van der Waals surface area (Å²) >= 11 is 0. The van der Waals surface area contributed by atoms with Gasteiger partial charge in [0.25, 0.3) is 0 Å². The number of aliphatic hydroxyl groups is 3. The predicted octanol–water partition coefficient (Wildman–Crippen LogP) is -1.50. The van der Waals surface area contributed by atoms with E-state index in [4.69, 9.17) is 5.73 Å². The van der Waals surface area contributed by atoms with Crippen LogP contribution in [0.2, 0.25) is 0 Å². The van der Waals surface area contributed by atoms with Crippen molar-refractivity contribution < 1.29 is 83.4 Å². The van der Waals surface area contributed by atoms with Gasteiger partial charge in [-0.05, 0) is 73.2 Å². The molecular weight excluding hydrogens is 1360 g/mol. The zero-order chi connectivity index (χ0) is 73.8. The number of H-pyrrole nitrogens is 1. The van der Waals surface area contributed by atoms with E-state index < -0.39 is 152 Å². The molecule has 2 aliphatic rings. The van der Waals surface area contributed by atoms with E-state index in [1.807, 2.05) is 48.5 Å². The van der Waals surface area contributed by atoms with Gasteiger partial charge < -0.3 is 83.9 Å². The molecule has 10 atom stereocenters. The van der Waals surface area contributed by atoms with Crippen LogP contribution in [-0.4, -0.2) is 278 Å². The minimum atomic E-state index is -1.75. The van der Waals surface area contributed by atoms with Crippen molar-refractivity contribution in [3.05, 3.63) is 120 Å². The number of nitrogens with two attached hydrogens (primary N) is 1. The van der Waals surface area contributed by atoms with Gasteiger partial charge in [-0.25, -0.2) is 0 Å². The van der Waals surface area contributed by atoms with Crippen molar-refractivity contribution in [2.24, 2.45) is 5.73 Å². The topological polar surface area (TPSA) is 460 Å². The number of aromatic amines is 1. The number of para-hydroxylation sites is 1. The summed E-state index contributed by atoms with van der Waals surface area (Å²) in [5.74, 6) is -10.8. The van der Waals surface area contributed by atoms with Gasteiger partial charge in [0.15, 0.2) is 0 Å². The van der Waals surface area contributed by atoms with Gasteiger partial charge in [-0.1, -0.05) is 113 Å². The van der Waals surface area contributed by atoms with E-state index in [-0.39, 0.29) is 103 Å². The number of aliphatic carboxylic acids is 3. The molecule has 5 aromatic rings. The lowest BCUT2D eigenvalue weighted by molar-refractivity contribution is -0.140. The second kappa shape index (κ2) is 40.8. The molecule has 1 aromatic heterocycles. The first-order chi connectivity index (χ1) is 48.9. The number of hydrogen-bond donors (Lipinski definition) is 16. The molecule has 2 fully saturated rings. The van der Waals surface area contributed by atoms with Crippen LogP contribution in [0.5, 0.6) is 0 Å². The first-order valence-electron chi connectivity index (χ1n) is 33.8. The number of unbranched alkanes of at least 4 members (excludes halogenated alkanes) is 1. The molecule has 0 radical (unpaired) electrons. The molecule has 0 saturated carbocycles. The molecule has 0 unspecified atom stereocenters. The van der Waals surface area contributed by atoms with Crippen LogP contribution in [-0.2, 0) is 65.6 Å². The Morgan fingerprint density at radius 2 is 1.08 bits per heavy atom. The lowest BCUT2D eigenvalue weighted by Gasteiger charge is -2.33. The minimum Gasteiger partial charge on any atom is -0.480 e. The van der Waals surface area contributed by atoms with E-state index in [0.29, 0.717) is 40.4 Å². The van der Waals surface area contributed by atoms with Crippen LogP contribution in [0.1, 0.15) is 62.3 Å². The molecule has 3 heterocycles. The number of benzene rings is 4. The standard InChI is InChI=1S/C69H94N14O17S2/c1-42(85)55(39-84)77-68(99)57-41-102-101-40-56(73-58(87)33-52(45-14-4-3-5-15-45)72-59(88)35-80-23-25-81(36-60(89)90)27-29-83(38-62(93)94)30-28-82(26-24-80)37-61(91)92)67(98)76-53(31-46-17-12-16-44-13-6-7-18-48(44)46)66(97)75-54(32-47-34-71-50-20-9-8-19-49(47)50)65(96)74-51(21-10-11-22-70)64(95)79-63(43(2)86)69(100)78-57/h3-9,12-20,34,42-43,51-57,63,71,84-86H,10-11,21-33,35-41,70H2,1-2H3,(H,72,88)(H,73,87)(H,74,96)(H,75,97)(H,76,98)(H,77,99)(H,78,100)(H,79,95)(H,89,90)(H,91,92)(H,93,94)/t42-,43-,51+,52-,53+,54-,55-,56+,57+,63+/m1/s1. The highest BCUT2D eigenvalue weighted by Gasteiger charge is 2.37. The monoisotopic (exact) mass is 1450 g/mol. The minimum absolute atomic E-state index is 0.0331. The zero-order valence-electron chi connectivity index (χ0n) is 57.0. The Hall–Kier alpha value is -8.77. The Bertz CT molecular complexity index is 3630. The van der Waals surface area contributed by atoms with Crippen molar-refractivity contribution in [1.29, 1.82) is 0 Å². The molecule has 7 rings (SSSR count). The van der Waals surface area contributed by atoms with Crippen LogP contribution in [0.3, 0.4) is 0 Å². The largest absolute Gasteiger partial charge is 0.480 e. The summed E-state index contributed by atoms with van der Waals surface area (Å²) in [6, 6.07) is 17.0. The van der Waals surface area contributed by atoms with Crippen LogP contribution in [0.25, 0.3) is 21.7 Å². The number of rotatable bonds is 26. The number of fused-ring (bicyclic) bond motifs is 2. The van der Waals surface area contributed by atoms with Crippen molar-refractivity contribution in [2.75, 3.05) is 103 Å². The molecule has 31 nitrogen and oxygen atoms in total. The van der Waals surface area contributed by atoms with Crippen molar-refractivity contribution in [2.45, 2.75) is 113 Å². The Morgan fingerprint density at radius 1 is 0.559 bits per heavy atom. The number of carboxylic acids is 3. The highest BCUT2D eigenvalue weighted by atomic mass is 33.1. The summed E-state index contributed by atoms with van der Waals surface area (Å²) in [6.45, 7) is 1.61. The summed E-state index contributed by atoms with van der Waals surface area (Å²) in [7, 11) is 1.90. The first kappa shape index (κ1) is 80.5. The SMILES string of the molecule is C[C@@H](O)[C@@H]1NC(=O)[C@H](CCCCN)NC(=O)[C@@H](Cc2c[nH]c3ccccc23)NC(=O)[C@H](Cc2cccc3ccccc23)NC(=O)[C@@H](NC(=O)C[C@@H](NC(=O)CN2CCN(CC(=O)O)CCN(CC(=O)O)CCN(CC(=O)O)CC2)c2ccccc2)CSSC[C@@H](C(=O)N[C@H](CO)[C@@H](C)O)NC1=O. The highest BCUT2D eigenvalue weighted by molar-refractivity contribution is 8.76. The number of aliphatic hydroxyl groups excluding tert-OH is 3. The number of hydrogen-bond acceptors (Lipinski definition) is 21. The maximum Gasteiger partial charge on any atom is 0.317 e. The Balaban J connectivity index is 1.25. The van der Waals surface area contributed by atoms with Crippen molar-refractivity contribution in [3.63, 3.8) is 0 Å². The second-order valence-corrected chi connectivity index (χ2v) is 28.0. The van der Waals surface area contributed by atoms with Crippen LogP contribution in [0.15, 0.2) is 103 Å². The molecule has 0 bridgehead atoms. The maximum atomic E-state index is 15.5. The van der Waals surface area contributed by atoms with E-state index in [9.17, 15) is 69.0 Å². The predicted molar refractivity (Wildman–Crippen MR) is 382 cm³/mol. The van der Waals surface area contributed by atoms with Crippen molar-refractivity contribution in [1.82, 2.24) is 67.1 Å². The van der Waals surface area contributed by atoms with Crippen LogP contribution in [0.4, 0.5) is 0 Å². The van der Waals surface area contributed by atoms with Crippen molar-refractivity contribution in [3.8, 4) is 0 Å². The molecule has 102 heavy (non-hydrogen) atoms. The van der Waals surface area contributed by atoms with Gasteiger partial charge in [0, 0.05) is 93.8 Å². The third-order valence-electron chi connectivity index (χ3n) is 17.6. The average Bonchev–Trinajstić information content (AvgIpc) is 1.40. The Kier molecular flexibility index (Phi) is 32.2. The fourth-order valence-electron chi connectivity index (χ4n) is 11.9. The lowest BCUT2D eigenvalue weighted by atomic mass is 9.97. The third-order valence-corrected chi connectivity index (χ3v) is 20.0. The number of carbonyl (C=O) groups is 11. The summed E-state index contributed by atoms with van der Waals surface area (Å²) in [6.07, 6.45) is -1.39. The maximum absolute atomic E-state index is 15.5. The Morgan fingerprint density at radius 3 is 1.66 bits per heavy atom. The summed E-state index contributed by atoms with van der Waals surface area (Å²) in [4.78, 5) is 164. The van der Waals surface area contributed by atoms with E-state index in [2.05, 4.69) is 47.5 Å². The molecule has 554 valence electrons. The number of amides is 8. The smallest absolute Gasteiger partial charge is 0.317 e. The molecule has 0 spiro atoms. The molecule has 33 heteroatoms. The molecule has 17 N–H and O–H groups in total. The molecule has 2 aliphatic heterocycles. The molecule has 0 aliphatic carbocycles. The van der Waals surface area contributed by atoms with Gasteiger partial charge in [0.2, 0.25) is 47.3 Å². The molecule has 8 amide bonds. The van der Waals surface area contributed by atoms with Crippen LogP contribution < -0.4 is 48.3 Å². The van der Waals surface area contributed by atoms with Gasteiger partial charge in [-0.15, -0.1) is 0 Å². The average molecular weight is 1460 g/mol. The van der Waals surface area contributed by atoms with Crippen LogP contribution >= 0.6 is 21.6 Å². The number of nitrogens with one attached hydrogen (secondary N) is 9. The van der Waals surface area contributed by atoms with E-state index in [0.717, 1.165) is 32.4 Å². The number of carboxylic acid groups (broad SMARTS) is 3. The highest BCUT2D eigenvalue weighted by Crippen LogP contribution is 2.26. The van der Waals surface area contributed by atoms with E-state index in [1.165, 1.54) is 13.8 Å². The second-order valence-electron chi connectivity index (χ2n) is 25.4. The fourth-order valence-corrected chi connectivity index (χ4v) is 14.3. The van der Waals surface area contributed by atoms with Crippen molar-refractivity contribution >= 4 is 108 Å². The van der Waals surface area contributed by atoms with Gasteiger partial charge in [0.05, 0.1) is 63.5 Å². The normalized spacial score (nSPS) is 21.8. The van der Waals surface area contributed by atoms with Gasteiger partial charge in [0.1, 0.15) is 36.3 Å².